The van der Waals surface area contributed by atoms with Crippen molar-refractivity contribution in [1.29, 1.82) is 0 Å². The lowest BCUT2D eigenvalue weighted by Gasteiger charge is -2.09. The molecule has 0 atom stereocenters. The smallest absolute Gasteiger partial charge is 0.349 e. The Bertz CT molecular complexity index is 1090. The molecule has 3 aromatic rings. The van der Waals surface area contributed by atoms with Crippen LogP contribution in [0.4, 0.5) is 11.6 Å². The van der Waals surface area contributed by atoms with E-state index in [1.165, 1.54) is 0 Å². The molecule has 9 heteroatoms. The number of fused-ring (bicyclic) bond motifs is 1. The van der Waals surface area contributed by atoms with E-state index in [9.17, 15) is 4.79 Å². The zero-order chi connectivity index (χ0) is 21.5. The van der Waals surface area contributed by atoms with Gasteiger partial charge in [-0.1, -0.05) is 24.3 Å². The summed E-state index contributed by atoms with van der Waals surface area (Å²) in [6, 6.07) is 2.19. The van der Waals surface area contributed by atoms with Gasteiger partial charge in [0.15, 0.2) is 11.5 Å². The summed E-state index contributed by atoms with van der Waals surface area (Å²) >= 11 is 0. The molecule has 3 rings (SSSR count). The van der Waals surface area contributed by atoms with Crippen molar-refractivity contribution >= 4 is 22.8 Å². The first kappa shape index (κ1) is 21.2. The van der Waals surface area contributed by atoms with Crippen LogP contribution in [0.2, 0.25) is 0 Å². The van der Waals surface area contributed by atoms with Crippen LogP contribution < -0.4 is 16.3 Å². The van der Waals surface area contributed by atoms with E-state index in [1.54, 1.807) is 29.5 Å². The Morgan fingerprint density at radius 3 is 2.33 bits per heavy atom. The predicted octanol–water partition coefficient (Wildman–Crippen LogP) is 3.18. The lowest BCUT2D eigenvalue weighted by Crippen LogP contribution is -2.24. The number of rotatable bonds is 9. The zero-order valence-corrected chi connectivity index (χ0v) is 17.8. The summed E-state index contributed by atoms with van der Waals surface area (Å²) in [5.41, 5.74) is 1.35. The van der Waals surface area contributed by atoms with E-state index in [4.69, 9.17) is 0 Å². The van der Waals surface area contributed by atoms with Gasteiger partial charge in [0, 0.05) is 31.4 Å². The summed E-state index contributed by atoms with van der Waals surface area (Å²) in [5.74, 6) is 1.29. The fraction of sp³-hybridized carbons (Fsp3) is 0.381. The average Bonchev–Trinajstić information content (AvgIpc) is 3.15. The van der Waals surface area contributed by atoms with Crippen molar-refractivity contribution in [1.82, 2.24) is 29.1 Å². The van der Waals surface area contributed by atoms with E-state index in [0.29, 0.717) is 24.9 Å². The van der Waals surface area contributed by atoms with Crippen molar-refractivity contribution in [2.45, 2.75) is 39.8 Å². The maximum absolute atomic E-state index is 11.9. The van der Waals surface area contributed by atoms with Crippen molar-refractivity contribution in [3.8, 4) is 0 Å². The first-order chi connectivity index (χ1) is 14.5. The average molecular weight is 409 g/mol. The number of hydrogen-bond donors (Lipinski definition) is 2. The molecule has 0 amide bonds. The van der Waals surface area contributed by atoms with E-state index < -0.39 is 0 Å². The number of aromatic nitrogens is 6. The molecule has 0 fully saturated rings. The fourth-order valence-corrected chi connectivity index (χ4v) is 2.88. The highest BCUT2D eigenvalue weighted by atomic mass is 16.1. The van der Waals surface area contributed by atoms with Crippen LogP contribution in [0.25, 0.3) is 11.2 Å². The van der Waals surface area contributed by atoms with Gasteiger partial charge in [-0.25, -0.2) is 19.7 Å². The Balaban J connectivity index is 1.47. The number of anilines is 2. The van der Waals surface area contributed by atoms with Crippen LogP contribution in [-0.2, 0) is 0 Å². The molecule has 3 aromatic heterocycles. The van der Waals surface area contributed by atoms with Crippen LogP contribution in [0.3, 0.4) is 0 Å². The number of allylic oxidation sites excluding steroid dienone is 2. The number of nitrogens with one attached hydrogen (secondary N) is 2. The van der Waals surface area contributed by atoms with Crippen LogP contribution in [0.5, 0.6) is 0 Å². The lowest BCUT2D eigenvalue weighted by molar-refractivity contribution is 0.564. The van der Waals surface area contributed by atoms with E-state index in [0.717, 1.165) is 17.0 Å². The minimum atomic E-state index is -0.248. The molecule has 0 saturated heterocycles. The highest BCUT2D eigenvalue weighted by Gasteiger charge is 2.10. The monoisotopic (exact) mass is 408 g/mol. The largest absolute Gasteiger partial charge is 0.366 e. The Hall–Kier alpha value is -3.49. The van der Waals surface area contributed by atoms with Gasteiger partial charge in [-0.2, -0.15) is 4.98 Å². The lowest BCUT2D eigenvalue weighted by atomic mass is 10.4. The number of hydrogen-bond acceptors (Lipinski definition) is 7. The molecule has 0 aromatic carbocycles. The maximum Gasteiger partial charge on any atom is 0.349 e. The molecule has 0 aliphatic rings. The number of imidazole rings is 1. The summed E-state index contributed by atoms with van der Waals surface area (Å²) in [7, 11) is 0. The van der Waals surface area contributed by atoms with Gasteiger partial charge >= 0.3 is 5.69 Å². The minimum Gasteiger partial charge on any atom is -0.366 e. The first-order valence-corrected chi connectivity index (χ1v) is 10.0. The molecule has 9 nitrogen and oxygen atoms in total. The summed E-state index contributed by atoms with van der Waals surface area (Å²) in [5, 5.41) is 6.38. The quantitative estimate of drug-likeness (QED) is 0.524. The van der Waals surface area contributed by atoms with Crippen molar-refractivity contribution < 1.29 is 0 Å². The van der Waals surface area contributed by atoms with Gasteiger partial charge in [0.2, 0.25) is 0 Å². The predicted molar refractivity (Wildman–Crippen MR) is 120 cm³/mol. The minimum absolute atomic E-state index is 0.0991. The van der Waals surface area contributed by atoms with E-state index in [1.807, 2.05) is 42.7 Å². The summed E-state index contributed by atoms with van der Waals surface area (Å²) in [6.45, 7) is 9.28. The Morgan fingerprint density at radius 1 is 0.967 bits per heavy atom. The first-order valence-electron chi connectivity index (χ1n) is 10.0. The fourth-order valence-electron chi connectivity index (χ4n) is 2.88. The summed E-state index contributed by atoms with van der Waals surface area (Å²) in [6.07, 6.45) is 12.9. The molecule has 158 valence electrons. The molecule has 0 radical (unpaired) electrons. The zero-order valence-electron chi connectivity index (χ0n) is 17.8. The molecular weight excluding hydrogens is 380 g/mol. The molecule has 0 unspecified atom stereocenters. The van der Waals surface area contributed by atoms with Gasteiger partial charge in [-0.15, -0.1) is 0 Å². The van der Waals surface area contributed by atoms with Crippen LogP contribution in [-0.4, -0.2) is 42.2 Å². The van der Waals surface area contributed by atoms with Crippen molar-refractivity contribution in [3.05, 3.63) is 59.7 Å². The topological polar surface area (TPSA) is 103 Å². The molecular formula is C21H28N8O. The van der Waals surface area contributed by atoms with E-state index in [-0.39, 0.29) is 11.7 Å². The Labute approximate surface area is 175 Å². The van der Waals surface area contributed by atoms with Gasteiger partial charge in [0.25, 0.3) is 0 Å². The summed E-state index contributed by atoms with van der Waals surface area (Å²) < 4.78 is 3.61. The van der Waals surface area contributed by atoms with Crippen molar-refractivity contribution in [3.63, 3.8) is 0 Å². The van der Waals surface area contributed by atoms with Gasteiger partial charge < -0.3 is 15.2 Å². The van der Waals surface area contributed by atoms with Crippen LogP contribution in [0.15, 0.2) is 54.0 Å². The third kappa shape index (κ3) is 5.11. The normalized spacial score (nSPS) is 12.1. The van der Waals surface area contributed by atoms with E-state index in [2.05, 4.69) is 44.4 Å². The third-order valence-corrected chi connectivity index (χ3v) is 4.47. The molecule has 0 aliphatic heterocycles. The van der Waals surface area contributed by atoms with Gasteiger partial charge in [0.05, 0.1) is 6.33 Å². The standard InChI is InChI=1S/C21H28N8O/c1-15(2)28-12-9-17(27-21(28)30)22-10-7-5-6-8-11-23-19-18-20(25-13-24-19)29(14-26-18)16(3)4/h5-9,12-16H,10-11H2,1-4H3,(H,22,27,30)(H,23,24,25)/b7-5-,8-6-. The van der Waals surface area contributed by atoms with Crippen molar-refractivity contribution in [2.75, 3.05) is 23.7 Å². The maximum atomic E-state index is 11.9. The van der Waals surface area contributed by atoms with Crippen LogP contribution in [0.1, 0.15) is 39.8 Å². The molecule has 0 bridgehead atoms. The van der Waals surface area contributed by atoms with Gasteiger partial charge in [-0.05, 0) is 33.8 Å². The van der Waals surface area contributed by atoms with Gasteiger partial charge in [0.1, 0.15) is 17.7 Å². The second kappa shape index (κ2) is 9.82. The number of nitrogens with zero attached hydrogens (tertiary/aromatic N) is 6. The third-order valence-electron chi connectivity index (χ3n) is 4.47. The second-order valence-corrected chi connectivity index (χ2v) is 7.35. The Morgan fingerprint density at radius 2 is 1.67 bits per heavy atom. The molecule has 0 spiro atoms. The highest BCUT2D eigenvalue weighted by Crippen LogP contribution is 2.20. The molecule has 0 saturated carbocycles. The highest BCUT2D eigenvalue weighted by molar-refractivity contribution is 5.82. The van der Waals surface area contributed by atoms with Crippen LogP contribution >= 0.6 is 0 Å². The second-order valence-electron chi connectivity index (χ2n) is 7.35. The molecule has 0 aliphatic carbocycles. The molecule has 2 N–H and O–H groups in total. The summed E-state index contributed by atoms with van der Waals surface area (Å²) in [4.78, 5) is 29.0. The Kier molecular flexibility index (Phi) is 6.95. The molecule has 30 heavy (non-hydrogen) atoms. The van der Waals surface area contributed by atoms with Gasteiger partial charge in [-0.3, -0.25) is 4.57 Å². The van der Waals surface area contributed by atoms with Crippen molar-refractivity contribution in [2.24, 2.45) is 0 Å². The van der Waals surface area contributed by atoms with E-state index >= 15 is 0 Å². The van der Waals surface area contributed by atoms with Crippen LogP contribution in [0, 0.1) is 0 Å². The SMILES string of the molecule is CC(C)n1ccc(NC/C=C\C=C/CNc2ncnc3c2ncn3C(C)C)nc1=O. The molecule has 3 heterocycles.